The summed E-state index contributed by atoms with van der Waals surface area (Å²) in [6, 6.07) is 7.06. The number of aryl methyl sites for hydroxylation is 1. The Balaban J connectivity index is 1.35. The van der Waals surface area contributed by atoms with Gasteiger partial charge in [0.1, 0.15) is 0 Å². The monoisotopic (exact) mass is 465 g/mol. The quantitative estimate of drug-likeness (QED) is 0.728. The number of benzene rings is 1. The molecule has 1 unspecified atom stereocenters. The summed E-state index contributed by atoms with van der Waals surface area (Å²) in [5.74, 6) is 0.351. The second-order valence-corrected chi connectivity index (χ2v) is 11.0. The summed E-state index contributed by atoms with van der Waals surface area (Å²) in [5.41, 5.74) is 3.73. The molecule has 168 valence electrons. The molecule has 0 bridgehead atoms. The van der Waals surface area contributed by atoms with Gasteiger partial charge in [0.25, 0.3) is 0 Å². The SMILES string of the molecule is Cc1nn(C2CCS(=O)(=O)C2)c(C)c1N1CCN(CC(=O)Nc2cccc(Cl)c2)CC1. The summed E-state index contributed by atoms with van der Waals surface area (Å²) < 4.78 is 25.7. The van der Waals surface area contributed by atoms with Crippen molar-refractivity contribution in [3.63, 3.8) is 0 Å². The van der Waals surface area contributed by atoms with Crippen molar-refractivity contribution in [2.75, 3.05) is 54.4 Å². The van der Waals surface area contributed by atoms with Crippen molar-refractivity contribution in [1.29, 1.82) is 0 Å². The lowest BCUT2D eigenvalue weighted by Crippen LogP contribution is -2.49. The molecule has 0 aliphatic carbocycles. The van der Waals surface area contributed by atoms with Crippen LogP contribution in [0.2, 0.25) is 5.02 Å². The van der Waals surface area contributed by atoms with Gasteiger partial charge in [0.2, 0.25) is 5.91 Å². The zero-order valence-corrected chi connectivity index (χ0v) is 19.4. The molecule has 2 aromatic rings. The van der Waals surface area contributed by atoms with Crippen molar-refractivity contribution in [2.24, 2.45) is 0 Å². The molecule has 0 saturated carbocycles. The molecule has 10 heteroatoms. The number of piperazine rings is 1. The number of sulfone groups is 1. The number of anilines is 2. The highest BCUT2D eigenvalue weighted by Gasteiger charge is 2.32. The Morgan fingerprint density at radius 1 is 1.23 bits per heavy atom. The average molecular weight is 466 g/mol. The molecule has 1 aromatic heterocycles. The number of nitrogens with one attached hydrogen (secondary N) is 1. The number of carbonyl (C=O) groups excluding carboxylic acids is 1. The van der Waals surface area contributed by atoms with Gasteiger partial charge in [0.05, 0.1) is 41.2 Å². The van der Waals surface area contributed by atoms with Crippen LogP contribution in [-0.4, -0.2) is 73.2 Å². The number of hydrogen-bond donors (Lipinski definition) is 1. The number of halogens is 1. The molecule has 2 aliphatic heterocycles. The fourth-order valence-electron chi connectivity index (χ4n) is 4.54. The molecule has 2 saturated heterocycles. The van der Waals surface area contributed by atoms with E-state index in [1.54, 1.807) is 12.1 Å². The van der Waals surface area contributed by atoms with Gasteiger partial charge in [0, 0.05) is 36.9 Å². The van der Waals surface area contributed by atoms with Gasteiger partial charge in [-0.3, -0.25) is 14.4 Å². The predicted octanol–water partition coefficient (Wildman–Crippen LogP) is 2.27. The van der Waals surface area contributed by atoms with E-state index in [0.29, 0.717) is 23.7 Å². The Hall–Kier alpha value is -2.10. The van der Waals surface area contributed by atoms with Crippen LogP contribution in [0, 0.1) is 13.8 Å². The second-order valence-electron chi connectivity index (χ2n) is 8.34. The van der Waals surface area contributed by atoms with Gasteiger partial charge in [-0.05, 0) is 38.5 Å². The summed E-state index contributed by atoms with van der Waals surface area (Å²) in [4.78, 5) is 16.8. The first kappa shape index (κ1) is 22.1. The minimum atomic E-state index is -2.96. The zero-order valence-electron chi connectivity index (χ0n) is 17.8. The highest BCUT2D eigenvalue weighted by molar-refractivity contribution is 7.91. The lowest BCUT2D eigenvalue weighted by atomic mass is 10.2. The van der Waals surface area contributed by atoms with Crippen LogP contribution < -0.4 is 10.2 Å². The minimum Gasteiger partial charge on any atom is -0.366 e. The van der Waals surface area contributed by atoms with Crippen LogP contribution in [0.3, 0.4) is 0 Å². The Morgan fingerprint density at radius 3 is 2.61 bits per heavy atom. The second kappa shape index (κ2) is 8.80. The zero-order chi connectivity index (χ0) is 22.2. The number of amides is 1. The molecule has 0 radical (unpaired) electrons. The van der Waals surface area contributed by atoms with Gasteiger partial charge in [-0.1, -0.05) is 17.7 Å². The third kappa shape index (κ3) is 5.05. The van der Waals surface area contributed by atoms with Crippen LogP contribution in [0.5, 0.6) is 0 Å². The van der Waals surface area contributed by atoms with Crippen LogP contribution in [-0.2, 0) is 14.6 Å². The molecular formula is C21H28ClN5O3S. The largest absolute Gasteiger partial charge is 0.366 e. The fourth-order valence-corrected chi connectivity index (χ4v) is 6.42. The molecular weight excluding hydrogens is 438 g/mol. The van der Waals surface area contributed by atoms with Crippen molar-refractivity contribution in [3.05, 3.63) is 40.7 Å². The minimum absolute atomic E-state index is 0.0571. The molecule has 31 heavy (non-hydrogen) atoms. The van der Waals surface area contributed by atoms with E-state index in [1.807, 2.05) is 30.7 Å². The van der Waals surface area contributed by atoms with Crippen LogP contribution >= 0.6 is 11.6 Å². The van der Waals surface area contributed by atoms with Gasteiger partial charge < -0.3 is 10.2 Å². The fraction of sp³-hybridized carbons (Fsp3) is 0.524. The third-order valence-electron chi connectivity index (χ3n) is 6.01. The first-order valence-corrected chi connectivity index (χ1v) is 12.7. The van der Waals surface area contributed by atoms with Crippen LogP contribution in [0.25, 0.3) is 0 Å². The molecule has 1 atom stereocenters. The van der Waals surface area contributed by atoms with E-state index < -0.39 is 9.84 Å². The molecule has 2 aliphatic rings. The lowest BCUT2D eigenvalue weighted by Gasteiger charge is -2.36. The highest BCUT2D eigenvalue weighted by Crippen LogP contribution is 2.31. The van der Waals surface area contributed by atoms with Gasteiger partial charge in [-0.15, -0.1) is 0 Å². The maximum absolute atomic E-state index is 12.4. The molecule has 0 spiro atoms. The maximum atomic E-state index is 12.4. The first-order valence-electron chi connectivity index (χ1n) is 10.5. The van der Waals surface area contributed by atoms with Crippen LogP contribution in [0.15, 0.2) is 24.3 Å². The number of hydrogen-bond acceptors (Lipinski definition) is 6. The molecule has 1 aromatic carbocycles. The summed E-state index contributed by atoms with van der Waals surface area (Å²) in [7, 11) is -2.96. The standard InChI is InChI=1S/C21H28ClN5O3S/c1-15-21(16(2)27(24-15)19-6-11-31(29,30)14-19)26-9-7-25(8-10-26)13-20(28)23-18-5-3-4-17(22)12-18/h3-5,12,19H,6-11,13-14H2,1-2H3,(H,23,28). The molecule has 3 heterocycles. The normalized spacial score (nSPS) is 21.4. The summed E-state index contributed by atoms with van der Waals surface area (Å²) >= 11 is 5.97. The summed E-state index contributed by atoms with van der Waals surface area (Å²) in [5, 5.41) is 8.16. The average Bonchev–Trinajstić information content (AvgIpc) is 3.21. The third-order valence-corrected chi connectivity index (χ3v) is 7.99. The van der Waals surface area contributed by atoms with Crippen molar-refractivity contribution < 1.29 is 13.2 Å². The highest BCUT2D eigenvalue weighted by atomic mass is 35.5. The van der Waals surface area contributed by atoms with Crippen LogP contribution in [0.1, 0.15) is 23.9 Å². The first-order chi connectivity index (χ1) is 14.7. The number of aromatic nitrogens is 2. The molecule has 1 amide bonds. The Morgan fingerprint density at radius 2 is 1.97 bits per heavy atom. The van der Waals surface area contributed by atoms with E-state index in [4.69, 9.17) is 11.6 Å². The van der Waals surface area contributed by atoms with Gasteiger partial charge in [-0.2, -0.15) is 5.10 Å². The number of nitrogens with zero attached hydrogens (tertiary/aromatic N) is 4. The smallest absolute Gasteiger partial charge is 0.238 e. The number of carbonyl (C=O) groups is 1. The van der Waals surface area contributed by atoms with Crippen molar-refractivity contribution >= 4 is 38.7 Å². The molecule has 1 N–H and O–H groups in total. The Bertz CT molecular complexity index is 1080. The topological polar surface area (TPSA) is 87.5 Å². The molecule has 4 rings (SSSR count). The van der Waals surface area contributed by atoms with Crippen LogP contribution in [0.4, 0.5) is 11.4 Å². The van der Waals surface area contributed by atoms with Crippen molar-refractivity contribution in [2.45, 2.75) is 26.3 Å². The van der Waals surface area contributed by atoms with E-state index >= 15 is 0 Å². The van der Waals surface area contributed by atoms with E-state index in [9.17, 15) is 13.2 Å². The predicted molar refractivity (Wildman–Crippen MR) is 123 cm³/mol. The van der Waals surface area contributed by atoms with E-state index in [0.717, 1.165) is 43.3 Å². The Labute approximate surface area is 188 Å². The molecule has 2 fully saturated rings. The Kier molecular flexibility index (Phi) is 6.27. The van der Waals surface area contributed by atoms with E-state index in [-0.39, 0.29) is 23.5 Å². The van der Waals surface area contributed by atoms with Crippen molar-refractivity contribution in [1.82, 2.24) is 14.7 Å². The summed E-state index contributed by atoms with van der Waals surface area (Å²) in [6.07, 6.45) is 0.624. The van der Waals surface area contributed by atoms with Gasteiger partial charge >= 0.3 is 0 Å². The lowest BCUT2D eigenvalue weighted by molar-refractivity contribution is -0.117. The maximum Gasteiger partial charge on any atom is 0.238 e. The number of rotatable bonds is 5. The van der Waals surface area contributed by atoms with Crippen molar-refractivity contribution in [3.8, 4) is 0 Å². The van der Waals surface area contributed by atoms with E-state index in [1.165, 1.54) is 0 Å². The van der Waals surface area contributed by atoms with Gasteiger partial charge in [-0.25, -0.2) is 8.42 Å². The van der Waals surface area contributed by atoms with Gasteiger partial charge in [0.15, 0.2) is 9.84 Å². The molecule has 8 nitrogen and oxygen atoms in total. The van der Waals surface area contributed by atoms with E-state index in [2.05, 4.69) is 20.2 Å². The summed E-state index contributed by atoms with van der Waals surface area (Å²) in [6.45, 7) is 7.45.